The molecule has 0 radical (unpaired) electrons. The molecule has 0 heterocycles. The molecule has 1 aromatic carbocycles. The third-order valence-electron chi connectivity index (χ3n) is 4.81. The summed E-state index contributed by atoms with van der Waals surface area (Å²) >= 11 is 0. The standard InChI is InChI=1S/C18H24N2O3/c1-20(11-16(21)13-6-7-13)17(22)10-19-18(23)15-8-5-12-3-2-4-14(12)9-15/h5,8-9,13,16,21H,2-4,6-7,10-11H2,1H3,(H,19,23). The van der Waals surface area contributed by atoms with Gasteiger partial charge in [0, 0.05) is 19.2 Å². The highest BCUT2D eigenvalue weighted by Crippen LogP contribution is 2.32. The molecule has 0 aromatic heterocycles. The summed E-state index contributed by atoms with van der Waals surface area (Å²) in [5, 5.41) is 12.5. The van der Waals surface area contributed by atoms with Crippen molar-refractivity contribution < 1.29 is 14.7 Å². The second-order valence-corrected chi connectivity index (χ2v) is 6.70. The highest BCUT2D eigenvalue weighted by atomic mass is 16.3. The molecule has 5 nitrogen and oxygen atoms in total. The van der Waals surface area contributed by atoms with Gasteiger partial charge in [-0.3, -0.25) is 9.59 Å². The lowest BCUT2D eigenvalue weighted by Crippen LogP contribution is -2.41. The van der Waals surface area contributed by atoms with E-state index in [1.807, 2.05) is 18.2 Å². The Hall–Kier alpha value is -1.88. The van der Waals surface area contributed by atoms with E-state index in [4.69, 9.17) is 0 Å². The van der Waals surface area contributed by atoms with E-state index >= 15 is 0 Å². The molecule has 1 unspecified atom stereocenters. The number of aliphatic hydroxyl groups excluding tert-OH is 1. The first-order valence-corrected chi connectivity index (χ1v) is 8.36. The monoisotopic (exact) mass is 316 g/mol. The third kappa shape index (κ3) is 3.91. The summed E-state index contributed by atoms with van der Waals surface area (Å²) in [6.45, 7) is 0.294. The maximum atomic E-state index is 12.2. The number of hydrogen-bond acceptors (Lipinski definition) is 3. The van der Waals surface area contributed by atoms with Gasteiger partial charge in [-0.15, -0.1) is 0 Å². The first-order valence-electron chi connectivity index (χ1n) is 8.36. The van der Waals surface area contributed by atoms with E-state index in [2.05, 4.69) is 5.32 Å². The molecule has 2 amide bonds. The number of hydrogen-bond donors (Lipinski definition) is 2. The van der Waals surface area contributed by atoms with E-state index in [-0.39, 0.29) is 18.4 Å². The van der Waals surface area contributed by atoms with Crippen LogP contribution in [0.3, 0.4) is 0 Å². The minimum Gasteiger partial charge on any atom is -0.391 e. The minimum absolute atomic E-state index is 0.0379. The summed E-state index contributed by atoms with van der Waals surface area (Å²) in [6.07, 6.45) is 4.89. The van der Waals surface area contributed by atoms with Gasteiger partial charge < -0.3 is 15.3 Å². The normalized spacial score (nSPS) is 17.5. The molecule has 124 valence electrons. The van der Waals surface area contributed by atoms with Crippen LogP contribution in [0.15, 0.2) is 18.2 Å². The maximum Gasteiger partial charge on any atom is 0.251 e. The number of amides is 2. The molecule has 0 saturated heterocycles. The Morgan fingerprint density at radius 2 is 2.04 bits per heavy atom. The zero-order chi connectivity index (χ0) is 16.4. The molecular formula is C18H24N2O3. The van der Waals surface area contributed by atoms with Crippen LogP contribution in [-0.2, 0) is 17.6 Å². The number of carbonyl (C=O) groups is 2. The van der Waals surface area contributed by atoms with Crippen molar-refractivity contribution in [1.82, 2.24) is 10.2 Å². The predicted octanol–water partition coefficient (Wildman–Crippen LogP) is 1.13. The first-order chi connectivity index (χ1) is 11.0. The van der Waals surface area contributed by atoms with Gasteiger partial charge in [0.2, 0.25) is 5.91 Å². The second kappa shape index (κ2) is 6.71. The fraction of sp³-hybridized carbons (Fsp3) is 0.556. The number of carbonyl (C=O) groups excluding carboxylic acids is 2. The van der Waals surface area contributed by atoms with Crippen LogP contribution in [0.1, 0.15) is 40.7 Å². The van der Waals surface area contributed by atoms with Crippen molar-refractivity contribution in [3.8, 4) is 0 Å². The van der Waals surface area contributed by atoms with Gasteiger partial charge >= 0.3 is 0 Å². The Bertz CT molecular complexity index is 610. The zero-order valence-electron chi connectivity index (χ0n) is 13.5. The molecule has 5 heteroatoms. The van der Waals surface area contributed by atoms with Crippen molar-refractivity contribution in [3.05, 3.63) is 34.9 Å². The van der Waals surface area contributed by atoms with Crippen molar-refractivity contribution >= 4 is 11.8 Å². The lowest BCUT2D eigenvalue weighted by Gasteiger charge is -2.21. The average molecular weight is 316 g/mol. The molecule has 2 aliphatic carbocycles. The highest BCUT2D eigenvalue weighted by molar-refractivity contribution is 5.96. The molecule has 0 spiro atoms. The maximum absolute atomic E-state index is 12.2. The molecule has 1 atom stereocenters. The SMILES string of the molecule is CN(CC(O)C1CC1)C(=O)CNC(=O)c1ccc2c(c1)CCC2. The molecule has 23 heavy (non-hydrogen) atoms. The molecule has 1 fully saturated rings. The van der Waals surface area contributed by atoms with Gasteiger partial charge in [-0.25, -0.2) is 0 Å². The number of rotatable bonds is 6. The Morgan fingerprint density at radius 1 is 1.30 bits per heavy atom. The van der Waals surface area contributed by atoms with Crippen molar-refractivity contribution in [1.29, 1.82) is 0 Å². The number of nitrogens with one attached hydrogen (secondary N) is 1. The zero-order valence-corrected chi connectivity index (χ0v) is 13.5. The number of nitrogens with zero attached hydrogens (tertiary/aromatic N) is 1. The predicted molar refractivity (Wildman–Crippen MR) is 87.2 cm³/mol. The van der Waals surface area contributed by atoms with Crippen LogP contribution in [0.2, 0.25) is 0 Å². The summed E-state index contributed by atoms with van der Waals surface area (Å²) in [7, 11) is 1.66. The van der Waals surface area contributed by atoms with Crippen LogP contribution >= 0.6 is 0 Å². The van der Waals surface area contributed by atoms with Gasteiger partial charge in [0.05, 0.1) is 12.6 Å². The van der Waals surface area contributed by atoms with Crippen molar-refractivity contribution in [2.75, 3.05) is 20.1 Å². The van der Waals surface area contributed by atoms with Crippen LogP contribution in [-0.4, -0.2) is 48.1 Å². The highest BCUT2D eigenvalue weighted by Gasteiger charge is 2.31. The van der Waals surface area contributed by atoms with Crippen molar-refractivity contribution in [3.63, 3.8) is 0 Å². The molecule has 0 aliphatic heterocycles. The molecule has 2 aliphatic rings. The van der Waals surface area contributed by atoms with Crippen molar-refractivity contribution in [2.45, 2.75) is 38.2 Å². The Balaban J connectivity index is 1.49. The molecule has 0 bridgehead atoms. The molecule has 1 aromatic rings. The molecule has 1 saturated carbocycles. The second-order valence-electron chi connectivity index (χ2n) is 6.70. The van der Waals surface area contributed by atoms with Gasteiger partial charge in [0.1, 0.15) is 0 Å². The van der Waals surface area contributed by atoms with Gasteiger partial charge in [-0.05, 0) is 61.3 Å². The number of fused-ring (bicyclic) bond motifs is 1. The summed E-state index contributed by atoms with van der Waals surface area (Å²) in [5.74, 6) is -0.0605. The van der Waals surface area contributed by atoms with Crippen LogP contribution in [0.25, 0.3) is 0 Å². The number of aryl methyl sites for hydroxylation is 2. The molecular weight excluding hydrogens is 292 g/mol. The summed E-state index contributed by atoms with van der Waals surface area (Å²) in [4.78, 5) is 25.7. The summed E-state index contributed by atoms with van der Waals surface area (Å²) < 4.78 is 0. The smallest absolute Gasteiger partial charge is 0.251 e. The van der Waals surface area contributed by atoms with Crippen molar-refractivity contribution in [2.24, 2.45) is 5.92 Å². The molecule has 2 N–H and O–H groups in total. The number of benzene rings is 1. The van der Waals surface area contributed by atoms with Gasteiger partial charge in [-0.1, -0.05) is 6.07 Å². The van der Waals surface area contributed by atoms with E-state index in [1.165, 1.54) is 16.0 Å². The van der Waals surface area contributed by atoms with E-state index in [1.54, 1.807) is 7.05 Å². The van der Waals surface area contributed by atoms with E-state index in [0.717, 1.165) is 32.1 Å². The summed E-state index contributed by atoms with van der Waals surface area (Å²) in [5.41, 5.74) is 3.18. The van der Waals surface area contributed by atoms with Gasteiger partial charge in [0.15, 0.2) is 0 Å². The minimum atomic E-state index is -0.448. The van der Waals surface area contributed by atoms with E-state index in [9.17, 15) is 14.7 Å². The lowest BCUT2D eigenvalue weighted by atomic mass is 10.1. The van der Waals surface area contributed by atoms with Crippen LogP contribution in [0, 0.1) is 5.92 Å². The van der Waals surface area contributed by atoms with Crippen LogP contribution in [0.4, 0.5) is 0 Å². The molecule has 3 rings (SSSR count). The lowest BCUT2D eigenvalue weighted by molar-refractivity contribution is -0.130. The average Bonchev–Trinajstić information content (AvgIpc) is 3.29. The fourth-order valence-electron chi connectivity index (χ4n) is 3.12. The van der Waals surface area contributed by atoms with Crippen LogP contribution < -0.4 is 5.32 Å². The third-order valence-corrected chi connectivity index (χ3v) is 4.81. The van der Waals surface area contributed by atoms with Gasteiger partial charge in [0.25, 0.3) is 5.91 Å². The largest absolute Gasteiger partial charge is 0.391 e. The van der Waals surface area contributed by atoms with Gasteiger partial charge in [-0.2, -0.15) is 0 Å². The number of likely N-dealkylation sites (N-methyl/N-ethyl adjacent to an activating group) is 1. The first kappa shape index (κ1) is 16.0. The quantitative estimate of drug-likeness (QED) is 0.827. The Kier molecular flexibility index (Phi) is 4.66. The van der Waals surface area contributed by atoms with Crippen LogP contribution in [0.5, 0.6) is 0 Å². The van der Waals surface area contributed by atoms with E-state index < -0.39 is 6.10 Å². The van der Waals surface area contributed by atoms with E-state index in [0.29, 0.717) is 18.0 Å². The Labute approximate surface area is 136 Å². The number of aliphatic hydroxyl groups is 1. The Morgan fingerprint density at radius 3 is 2.78 bits per heavy atom. The topological polar surface area (TPSA) is 69.6 Å². The fourth-order valence-corrected chi connectivity index (χ4v) is 3.12. The summed E-state index contributed by atoms with van der Waals surface area (Å²) in [6, 6.07) is 5.77.